The lowest BCUT2D eigenvalue weighted by molar-refractivity contribution is 0.513. The molecule has 0 aromatic carbocycles. The fraction of sp³-hybridized carbons (Fsp3) is 0.444. The van der Waals surface area contributed by atoms with Gasteiger partial charge in [0.15, 0.2) is 6.07 Å². The van der Waals surface area contributed by atoms with Crippen LogP contribution in [-0.4, -0.2) is 0 Å². The minimum atomic E-state index is -0.0997. The molecule has 1 nitrogen and oxygen atoms in total. The van der Waals surface area contributed by atoms with E-state index < -0.39 is 0 Å². The van der Waals surface area contributed by atoms with Crippen molar-refractivity contribution in [1.29, 1.82) is 5.26 Å². The van der Waals surface area contributed by atoms with Crippen LogP contribution in [0.2, 0.25) is 0 Å². The second kappa shape index (κ2) is 3.75. The number of hydrogen-bond donors (Lipinski definition) is 0. The highest BCUT2D eigenvalue weighted by Crippen LogP contribution is 2.18. The molecule has 0 saturated heterocycles. The summed E-state index contributed by atoms with van der Waals surface area (Å²) >= 11 is 0. The van der Waals surface area contributed by atoms with Gasteiger partial charge in [-0.3, -0.25) is 0 Å². The fourth-order valence-corrected chi connectivity index (χ4v) is 0.609. The second-order valence-corrected chi connectivity index (χ2v) is 2.74. The van der Waals surface area contributed by atoms with Crippen molar-refractivity contribution in [2.24, 2.45) is 5.41 Å². The summed E-state index contributed by atoms with van der Waals surface area (Å²) in [6.07, 6.45) is 2.63. The maximum atomic E-state index is 8.15. The van der Waals surface area contributed by atoms with Gasteiger partial charge in [0.25, 0.3) is 0 Å². The zero-order chi connectivity index (χ0) is 8.04. The zero-order valence-corrected chi connectivity index (χ0v) is 6.44. The van der Waals surface area contributed by atoms with Crippen molar-refractivity contribution in [2.75, 3.05) is 0 Å². The van der Waals surface area contributed by atoms with Crippen molar-refractivity contribution >= 4 is 0 Å². The molecular weight excluding hydrogens is 122 g/mol. The van der Waals surface area contributed by atoms with Gasteiger partial charge in [-0.15, -0.1) is 6.58 Å². The number of rotatable bonds is 2. The van der Waals surface area contributed by atoms with E-state index in [4.69, 9.17) is 5.26 Å². The molecule has 0 spiro atoms. The molecule has 0 atom stereocenters. The molecule has 0 radical (unpaired) electrons. The summed E-state index contributed by atoms with van der Waals surface area (Å²) in [5.74, 6) is 5.21. The van der Waals surface area contributed by atoms with Gasteiger partial charge in [-0.2, -0.15) is 5.26 Å². The van der Waals surface area contributed by atoms with Crippen LogP contribution in [0.1, 0.15) is 20.3 Å². The summed E-state index contributed by atoms with van der Waals surface area (Å²) in [4.78, 5) is 0. The van der Waals surface area contributed by atoms with E-state index in [0.29, 0.717) is 0 Å². The maximum absolute atomic E-state index is 8.15. The molecule has 0 bridgehead atoms. The molecule has 0 heterocycles. The smallest absolute Gasteiger partial charge is 0.152 e. The average Bonchev–Trinajstić information content (AvgIpc) is 1.84. The molecule has 0 amide bonds. The lowest BCUT2D eigenvalue weighted by Crippen LogP contribution is -2.05. The Morgan fingerprint density at radius 1 is 1.60 bits per heavy atom. The van der Waals surface area contributed by atoms with E-state index >= 15 is 0 Å². The number of nitrogens with zero attached hydrogens (tertiary/aromatic N) is 1. The second-order valence-electron chi connectivity index (χ2n) is 2.74. The van der Waals surface area contributed by atoms with Crippen LogP contribution >= 0.6 is 0 Å². The third-order valence-corrected chi connectivity index (χ3v) is 1.11. The molecule has 0 aliphatic carbocycles. The standard InChI is InChI=1S/C9H11N/c1-4-6-9(2,3)7-5-8-10/h4H,1,6H2,2-3H3. The quantitative estimate of drug-likeness (QED) is 0.418. The first-order valence-corrected chi connectivity index (χ1v) is 3.14. The van der Waals surface area contributed by atoms with Crippen LogP contribution in [-0.2, 0) is 0 Å². The van der Waals surface area contributed by atoms with E-state index in [1.54, 1.807) is 6.07 Å². The van der Waals surface area contributed by atoms with Gasteiger partial charge in [0.2, 0.25) is 0 Å². The summed E-state index contributed by atoms with van der Waals surface area (Å²) in [7, 11) is 0. The van der Waals surface area contributed by atoms with E-state index in [-0.39, 0.29) is 5.41 Å². The molecule has 52 valence electrons. The predicted molar refractivity (Wildman–Crippen MR) is 42.0 cm³/mol. The Bertz CT molecular complexity index is 207. The first kappa shape index (κ1) is 8.79. The van der Waals surface area contributed by atoms with E-state index in [9.17, 15) is 0 Å². The molecule has 0 N–H and O–H groups in total. The van der Waals surface area contributed by atoms with Crippen LogP contribution < -0.4 is 0 Å². The number of hydrogen-bond acceptors (Lipinski definition) is 1. The van der Waals surface area contributed by atoms with Gasteiger partial charge >= 0.3 is 0 Å². The first-order chi connectivity index (χ1) is 4.62. The van der Waals surface area contributed by atoms with Gasteiger partial charge in [0.05, 0.1) is 0 Å². The first-order valence-electron chi connectivity index (χ1n) is 3.14. The molecular formula is C9H11N. The number of allylic oxidation sites excluding steroid dienone is 1. The van der Waals surface area contributed by atoms with Crippen molar-refractivity contribution in [3.05, 3.63) is 12.7 Å². The summed E-state index contributed by atoms with van der Waals surface area (Å²) in [6.45, 7) is 7.57. The van der Waals surface area contributed by atoms with Gasteiger partial charge in [-0.1, -0.05) is 12.0 Å². The van der Waals surface area contributed by atoms with Crippen molar-refractivity contribution in [3.63, 3.8) is 0 Å². The van der Waals surface area contributed by atoms with Crippen molar-refractivity contribution < 1.29 is 0 Å². The van der Waals surface area contributed by atoms with E-state index in [1.165, 1.54) is 0 Å². The molecule has 10 heavy (non-hydrogen) atoms. The largest absolute Gasteiger partial charge is 0.183 e. The van der Waals surface area contributed by atoms with E-state index in [2.05, 4.69) is 18.4 Å². The Kier molecular flexibility index (Phi) is 3.29. The van der Waals surface area contributed by atoms with Crippen molar-refractivity contribution in [1.82, 2.24) is 0 Å². The zero-order valence-electron chi connectivity index (χ0n) is 6.44. The van der Waals surface area contributed by atoms with Crippen LogP contribution in [0.5, 0.6) is 0 Å². The van der Waals surface area contributed by atoms with Crippen molar-refractivity contribution in [2.45, 2.75) is 20.3 Å². The molecule has 0 aliphatic rings. The topological polar surface area (TPSA) is 23.8 Å². The highest BCUT2D eigenvalue weighted by Gasteiger charge is 2.10. The normalized spacial score (nSPS) is 8.90. The highest BCUT2D eigenvalue weighted by molar-refractivity contribution is 5.21. The molecule has 0 saturated carbocycles. The minimum Gasteiger partial charge on any atom is -0.183 e. The third kappa shape index (κ3) is 3.75. The third-order valence-electron chi connectivity index (χ3n) is 1.11. The molecule has 0 aliphatic heterocycles. The SMILES string of the molecule is C=CCC(C)(C)C#CC#N. The molecule has 0 aromatic rings. The van der Waals surface area contributed by atoms with Gasteiger partial charge in [0, 0.05) is 11.3 Å². The van der Waals surface area contributed by atoms with Crippen LogP contribution in [0.25, 0.3) is 0 Å². The van der Waals surface area contributed by atoms with Crippen LogP contribution in [0.3, 0.4) is 0 Å². The highest BCUT2D eigenvalue weighted by atomic mass is 14.2. The lowest BCUT2D eigenvalue weighted by atomic mass is 9.90. The van der Waals surface area contributed by atoms with Crippen LogP contribution in [0, 0.1) is 28.6 Å². The Morgan fingerprint density at radius 2 is 2.20 bits per heavy atom. The lowest BCUT2D eigenvalue weighted by Gasteiger charge is -2.12. The molecule has 0 aromatic heterocycles. The summed E-state index contributed by atoms with van der Waals surface area (Å²) < 4.78 is 0. The Morgan fingerprint density at radius 3 is 2.60 bits per heavy atom. The Labute approximate surface area is 62.4 Å². The molecule has 0 fully saturated rings. The summed E-state index contributed by atoms with van der Waals surface area (Å²) in [5.41, 5.74) is -0.0997. The predicted octanol–water partition coefficient (Wildman–Crippen LogP) is 2.12. The van der Waals surface area contributed by atoms with Crippen LogP contribution in [0.15, 0.2) is 12.7 Å². The minimum absolute atomic E-state index is 0.0997. The Hall–Kier alpha value is -1.21. The number of nitriles is 1. The molecule has 0 rings (SSSR count). The maximum Gasteiger partial charge on any atom is 0.152 e. The van der Waals surface area contributed by atoms with Gasteiger partial charge in [-0.25, -0.2) is 0 Å². The monoisotopic (exact) mass is 133 g/mol. The van der Waals surface area contributed by atoms with E-state index in [0.717, 1.165) is 6.42 Å². The average molecular weight is 133 g/mol. The summed E-state index contributed by atoms with van der Waals surface area (Å²) in [5, 5.41) is 8.15. The fourth-order valence-electron chi connectivity index (χ4n) is 0.609. The Balaban J connectivity index is 4.14. The van der Waals surface area contributed by atoms with Gasteiger partial charge < -0.3 is 0 Å². The molecule has 0 unspecified atom stereocenters. The van der Waals surface area contributed by atoms with Gasteiger partial charge in [-0.05, 0) is 20.3 Å². The van der Waals surface area contributed by atoms with Crippen LogP contribution in [0.4, 0.5) is 0 Å². The van der Waals surface area contributed by atoms with Gasteiger partial charge in [0.1, 0.15) is 0 Å². The molecule has 1 heteroatoms. The van der Waals surface area contributed by atoms with Crippen molar-refractivity contribution in [3.8, 4) is 17.9 Å². The summed E-state index contributed by atoms with van der Waals surface area (Å²) in [6, 6.07) is 1.79. The van der Waals surface area contributed by atoms with E-state index in [1.807, 2.05) is 19.9 Å².